The molecule has 1 aliphatic heterocycles. The molecule has 4 heteroatoms. The number of nitriles is 1. The number of hydrogen-bond donors (Lipinski definition) is 0. The van der Waals surface area contributed by atoms with Crippen molar-refractivity contribution in [2.24, 2.45) is 0 Å². The van der Waals surface area contributed by atoms with Crippen molar-refractivity contribution >= 4 is 0 Å². The minimum atomic E-state index is -0.154. The summed E-state index contributed by atoms with van der Waals surface area (Å²) in [6.45, 7) is 6.04. The second-order valence-corrected chi connectivity index (χ2v) is 4.86. The van der Waals surface area contributed by atoms with E-state index in [0.717, 1.165) is 18.7 Å². The first-order chi connectivity index (χ1) is 8.72. The van der Waals surface area contributed by atoms with Gasteiger partial charge in [0, 0.05) is 12.2 Å². The fourth-order valence-corrected chi connectivity index (χ4v) is 2.49. The normalized spacial score (nSPS) is 15.8. The van der Waals surface area contributed by atoms with Crippen LogP contribution in [0.25, 0.3) is 0 Å². The van der Waals surface area contributed by atoms with Crippen LogP contribution in [0.1, 0.15) is 30.5 Å². The lowest BCUT2D eigenvalue weighted by atomic mass is 10.2. The fourth-order valence-electron chi connectivity index (χ4n) is 2.49. The quantitative estimate of drug-likeness (QED) is 0.808. The predicted molar refractivity (Wildman–Crippen MR) is 70.4 cm³/mol. The van der Waals surface area contributed by atoms with Crippen molar-refractivity contribution in [3.8, 4) is 6.07 Å². The van der Waals surface area contributed by atoms with Crippen LogP contribution in [0.3, 0.4) is 0 Å². The zero-order valence-electron chi connectivity index (χ0n) is 10.9. The summed E-state index contributed by atoms with van der Waals surface area (Å²) in [7, 11) is 0. The van der Waals surface area contributed by atoms with E-state index in [-0.39, 0.29) is 11.1 Å². The standard InChI is InChI=1S/C14H19N3O/c1-12-5-6-13(11-15)14(18)17(12)10-4-9-16-7-2-3-8-16/h5-6H,2-4,7-10H2,1H3. The van der Waals surface area contributed by atoms with Crippen molar-refractivity contribution in [3.63, 3.8) is 0 Å². The number of likely N-dealkylation sites (tertiary alicyclic amines) is 1. The molecule has 1 aliphatic rings. The maximum absolute atomic E-state index is 12.0. The van der Waals surface area contributed by atoms with Crippen LogP contribution < -0.4 is 5.56 Å². The summed E-state index contributed by atoms with van der Waals surface area (Å²) in [5.74, 6) is 0. The van der Waals surface area contributed by atoms with Crippen LogP contribution in [0.2, 0.25) is 0 Å². The molecule has 0 N–H and O–H groups in total. The third kappa shape index (κ3) is 2.80. The van der Waals surface area contributed by atoms with E-state index in [0.29, 0.717) is 6.54 Å². The van der Waals surface area contributed by atoms with Gasteiger partial charge in [-0.3, -0.25) is 4.79 Å². The molecule has 0 spiro atoms. The van der Waals surface area contributed by atoms with Gasteiger partial charge in [-0.05, 0) is 58.0 Å². The molecule has 1 aromatic rings. The molecule has 18 heavy (non-hydrogen) atoms. The van der Waals surface area contributed by atoms with Gasteiger partial charge in [-0.1, -0.05) is 0 Å². The molecule has 0 saturated carbocycles. The Hall–Kier alpha value is -1.60. The lowest BCUT2D eigenvalue weighted by Gasteiger charge is -2.15. The first-order valence-electron chi connectivity index (χ1n) is 6.55. The first-order valence-corrected chi connectivity index (χ1v) is 6.55. The number of hydrogen-bond acceptors (Lipinski definition) is 3. The van der Waals surface area contributed by atoms with E-state index >= 15 is 0 Å². The molecule has 0 amide bonds. The van der Waals surface area contributed by atoms with Crippen LogP contribution in [-0.2, 0) is 6.54 Å². The highest BCUT2D eigenvalue weighted by Crippen LogP contribution is 2.08. The Labute approximate surface area is 107 Å². The van der Waals surface area contributed by atoms with Gasteiger partial charge in [0.1, 0.15) is 11.6 Å². The fraction of sp³-hybridized carbons (Fsp3) is 0.571. The van der Waals surface area contributed by atoms with Gasteiger partial charge in [0.05, 0.1) is 0 Å². The van der Waals surface area contributed by atoms with Gasteiger partial charge in [0.15, 0.2) is 0 Å². The largest absolute Gasteiger partial charge is 0.312 e. The van der Waals surface area contributed by atoms with Crippen molar-refractivity contribution in [2.75, 3.05) is 19.6 Å². The molecule has 2 heterocycles. The van der Waals surface area contributed by atoms with Gasteiger partial charge in [-0.2, -0.15) is 5.26 Å². The summed E-state index contributed by atoms with van der Waals surface area (Å²) in [6, 6.07) is 5.40. The summed E-state index contributed by atoms with van der Waals surface area (Å²) in [6.07, 6.45) is 3.56. The van der Waals surface area contributed by atoms with Gasteiger partial charge in [0.25, 0.3) is 5.56 Å². The van der Waals surface area contributed by atoms with Crippen molar-refractivity contribution in [1.82, 2.24) is 9.47 Å². The van der Waals surface area contributed by atoms with Crippen molar-refractivity contribution in [3.05, 3.63) is 33.7 Å². The minimum Gasteiger partial charge on any atom is -0.312 e. The molecule has 0 aromatic carbocycles. The Bertz CT molecular complexity index is 507. The highest BCUT2D eigenvalue weighted by Gasteiger charge is 2.11. The maximum atomic E-state index is 12.0. The minimum absolute atomic E-state index is 0.154. The average molecular weight is 245 g/mol. The number of aryl methyl sites for hydroxylation is 1. The van der Waals surface area contributed by atoms with E-state index in [2.05, 4.69) is 4.90 Å². The monoisotopic (exact) mass is 245 g/mol. The molecular weight excluding hydrogens is 226 g/mol. The van der Waals surface area contributed by atoms with E-state index in [4.69, 9.17) is 5.26 Å². The Morgan fingerprint density at radius 2 is 2.00 bits per heavy atom. The second-order valence-electron chi connectivity index (χ2n) is 4.86. The maximum Gasteiger partial charge on any atom is 0.268 e. The van der Waals surface area contributed by atoms with E-state index in [1.807, 2.05) is 19.1 Å². The van der Waals surface area contributed by atoms with Crippen LogP contribution in [0, 0.1) is 18.3 Å². The Morgan fingerprint density at radius 1 is 1.28 bits per heavy atom. The number of pyridine rings is 1. The summed E-state index contributed by atoms with van der Waals surface area (Å²) >= 11 is 0. The molecule has 4 nitrogen and oxygen atoms in total. The average Bonchev–Trinajstić information content (AvgIpc) is 2.86. The summed E-state index contributed by atoms with van der Waals surface area (Å²) in [5, 5.41) is 8.86. The summed E-state index contributed by atoms with van der Waals surface area (Å²) in [4.78, 5) is 14.4. The van der Waals surface area contributed by atoms with E-state index in [9.17, 15) is 4.79 Å². The van der Waals surface area contributed by atoms with Gasteiger partial charge in [-0.25, -0.2) is 0 Å². The third-order valence-corrected chi connectivity index (χ3v) is 3.57. The summed E-state index contributed by atoms with van der Waals surface area (Å²) in [5.41, 5.74) is 1.01. The van der Waals surface area contributed by atoms with Gasteiger partial charge >= 0.3 is 0 Å². The van der Waals surface area contributed by atoms with Crippen LogP contribution in [0.5, 0.6) is 0 Å². The van der Waals surface area contributed by atoms with Crippen LogP contribution in [0.15, 0.2) is 16.9 Å². The van der Waals surface area contributed by atoms with Crippen LogP contribution >= 0.6 is 0 Å². The molecule has 0 unspecified atom stereocenters. The number of rotatable bonds is 4. The second kappa shape index (κ2) is 5.83. The zero-order valence-corrected chi connectivity index (χ0v) is 10.9. The molecule has 96 valence electrons. The lowest BCUT2D eigenvalue weighted by molar-refractivity contribution is 0.324. The highest BCUT2D eigenvalue weighted by molar-refractivity contribution is 5.27. The lowest BCUT2D eigenvalue weighted by Crippen LogP contribution is -2.27. The number of aromatic nitrogens is 1. The Morgan fingerprint density at radius 3 is 2.67 bits per heavy atom. The van der Waals surface area contributed by atoms with Gasteiger partial charge < -0.3 is 9.47 Å². The molecule has 0 bridgehead atoms. The number of nitrogens with zero attached hydrogens (tertiary/aromatic N) is 3. The molecular formula is C14H19N3O. The molecule has 0 radical (unpaired) electrons. The molecule has 0 atom stereocenters. The van der Waals surface area contributed by atoms with Crippen molar-refractivity contribution in [2.45, 2.75) is 32.7 Å². The SMILES string of the molecule is Cc1ccc(C#N)c(=O)n1CCCN1CCCC1. The van der Waals surface area contributed by atoms with Gasteiger partial charge in [0.2, 0.25) is 0 Å². The first kappa shape index (κ1) is 12.8. The van der Waals surface area contributed by atoms with E-state index < -0.39 is 0 Å². The molecule has 1 saturated heterocycles. The van der Waals surface area contributed by atoms with E-state index in [1.165, 1.54) is 25.9 Å². The van der Waals surface area contributed by atoms with Crippen LogP contribution in [0.4, 0.5) is 0 Å². The van der Waals surface area contributed by atoms with E-state index in [1.54, 1.807) is 10.6 Å². The predicted octanol–water partition coefficient (Wildman–Crippen LogP) is 1.51. The topological polar surface area (TPSA) is 49.0 Å². The molecule has 1 aromatic heterocycles. The molecule has 2 rings (SSSR count). The van der Waals surface area contributed by atoms with Crippen LogP contribution in [-0.4, -0.2) is 29.1 Å². The van der Waals surface area contributed by atoms with Gasteiger partial charge in [-0.15, -0.1) is 0 Å². The van der Waals surface area contributed by atoms with Crippen molar-refractivity contribution in [1.29, 1.82) is 5.26 Å². The smallest absolute Gasteiger partial charge is 0.268 e. The van der Waals surface area contributed by atoms with Crippen molar-refractivity contribution < 1.29 is 0 Å². The molecule has 0 aliphatic carbocycles. The Balaban J connectivity index is 2.00. The summed E-state index contributed by atoms with van der Waals surface area (Å²) < 4.78 is 1.72. The zero-order chi connectivity index (χ0) is 13.0. The molecule has 1 fully saturated rings. The highest BCUT2D eigenvalue weighted by atomic mass is 16.1. The Kier molecular flexibility index (Phi) is 4.16. The third-order valence-electron chi connectivity index (χ3n) is 3.57.